The molecule has 1 aromatic carbocycles. The lowest BCUT2D eigenvalue weighted by Gasteiger charge is -2.62. The summed E-state index contributed by atoms with van der Waals surface area (Å²) in [6, 6.07) is 10.6. The summed E-state index contributed by atoms with van der Waals surface area (Å²) in [5, 5.41) is 9.58. The fourth-order valence-electron chi connectivity index (χ4n) is 8.28. The van der Waals surface area contributed by atoms with E-state index in [1.807, 2.05) is 30.3 Å². The van der Waals surface area contributed by atoms with Crippen LogP contribution < -0.4 is 11.5 Å². The van der Waals surface area contributed by atoms with Gasteiger partial charge in [0, 0.05) is 6.04 Å². The smallest absolute Gasteiger partial charge is 0.323 e. The molecule has 1 aliphatic heterocycles. The van der Waals surface area contributed by atoms with Crippen LogP contribution in [0.15, 0.2) is 30.3 Å². The molecule has 6 fully saturated rings. The van der Waals surface area contributed by atoms with Crippen LogP contribution in [0.25, 0.3) is 0 Å². The number of benzene rings is 1. The van der Waals surface area contributed by atoms with Gasteiger partial charge in [0.05, 0.1) is 12.1 Å². The van der Waals surface area contributed by atoms with Crippen LogP contribution in [0.2, 0.25) is 0 Å². The summed E-state index contributed by atoms with van der Waals surface area (Å²) in [6.07, 6.45) is 7.45. The number of piperidine rings is 1. The zero-order chi connectivity index (χ0) is 23.7. The summed E-state index contributed by atoms with van der Waals surface area (Å²) in [5.74, 6) is 0.872. The van der Waals surface area contributed by atoms with Crippen molar-refractivity contribution in [3.8, 4) is 6.07 Å². The van der Waals surface area contributed by atoms with E-state index in [0.29, 0.717) is 30.6 Å². The molecule has 1 heterocycles. The fourth-order valence-corrected chi connectivity index (χ4v) is 8.28. The zero-order valence-electron chi connectivity index (χ0n) is 19.6. The molecule has 4 bridgehead atoms. The summed E-state index contributed by atoms with van der Waals surface area (Å²) in [4.78, 5) is 28.5. The van der Waals surface area contributed by atoms with Gasteiger partial charge in [-0.15, -0.1) is 0 Å². The van der Waals surface area contributed by atoms with E-state index in [4.69, 9.17) is 16.2 Å². The SMILES string of the molecule is N#CC1CC2CC2N1C(=O)C(N)C12CC3CC(CC(OC(=O)C(N)Cc4ccccc4)(C3)C1)C2. The fraction of sp³-hybridized carbons (Fsp3) is 0.667. The van der Waals surface area contributed by atoms with Crippen LogP contribution in [0, 0.1) is 34.5 Å². The first-order valence-electron chi connectivity index (χ1n) is 12.8. The number of fused-ring (bicyclic) bond motifs is 1. The van der Waals surface area contributed by atoms with Gasteiger partial charge in [-0.2, -0.15) is 5.26 Å². The van der Waals surface area contributed by atoms with Gasteiger partial charge >= 0.3 is 5.97 Å². The van der Waals surface area contributed by atoms with E-state index in [0.717, 1.165) is 50.5 Å². The Hall–Kier alpha value is -2.43. The van der Waals surface area contributed by atoms with Gasteiger partial charge in [-0.05, 0) is 86.5 Å². The number of nitrogens with zero attached hydrogens (tertiary/aromatic N) is 2. The molecular weight excluding hydrogens is 428 g/mol. The second-order valence-corrected chi connectivity index (χ2v) is 11.9. The summed E-state index contributed by atoms with van der Waals surface area (Å²) in [6.45, 7) is 0. The number of ether oxygens (including phenoxy) is 1. The third kappa shape index (κ3) is 3.54. The minimum atomic E-state index is -0.713. The van der Waals surface area contributed by atoms with Gasteiger partial charge in [0.2, 0.25) is 5.91 Å². The molecular formula is C27H34N4O3. The highest BCUT2D eigenvalue weighted by atomic mass is 16.6. The largest absolute Gasteiger partial charge is 0.458 e. The van der Waals surface area contributed by atoms with E-state index in [9.17, 15) is 14.9 Å². The van der Waals surface area contributed by atoms with Crippen LogP contribution in [0.4, 0.5) is 0 Å². The molecule has 7 nitrogen and oxygen atoms in total. The quantitative estimate of drug-likeness (QED) is 0.626. The molecule has 1 amide bonds. The van der Waals surface area contributed by atoms with Crippen LogP contribution in [0.3, 0.4) is 0 Å². The molecule has 7 unspecified atom stereocenters. The molecule has 7 rings (SSSR count). The molecule has 5 saturated carbocycles. The second-order valence-electron chi connectivity index (χ2n) is 11.9. The molecule has 0 spiro atoms. The molecule has 7 atom stereocenters. The van der Waals surface area contributed by atoms with E-state index in [1.165, 1.54) is 0 Å². The normalized spacial score (nSPS) is 40.9. The molecule has 1 saturated heterocycles. The van der Waals surface area contributed by atoms with E-state index in [-0.39, 0.29) is 29.4 Å². The Morgan fingerprint density at radius 2 is 1.79 bits per heavy atom. The highest BCUT2D eigenvalue weighted by Crippen LogP contribution is 2.64. The summed E-state index contributed by atoms with van der Waals surface area (Å²) in [7, 11) is 0. The van der Waals surface area contributed by atoms with Gasteiger partial charge in [0.25, 0.3) is 0 Å². The van der Waals surface area contributed by atoms with E-state index < -0.39 is 17.7 Å². The van der Waals surface area contributed by atoms with Crippen LogP contribution >= 0.6 is 0 Å². The highest BCUT2D eigenvalue weighted by Gasteiger charge is 2.64. The molecule has 34 heavy (non-hydrogen) atoms. The summed E-state index contributed by atoms with van der Waals surface area (Å²) >= 11 is 0. The van der Waals surface area contributed by atoms with E-state index in [1.54, 1.807) is 4.90 Å². The van der Waals surface area contributed by atoms with Crippen molar-refractivity contribution in [1.82, 2.24) is 4.90 Å². The minimum absolute atomic E-state index is 0.0687. The lowest BCUT2D eigenvalue weighted by Crippen LogP contribution is -2.66. The molecule has 5 aliphatic carbocycles. The van der Waals surface area contributed by atoms with Crippen molar-refractivity contribution in [2.24, 2.45) is 34.6 Å². The predicted octanol–water partition coefficient (Wildman–Crippen LogP) is 2.28. The Morgan fingerprint density at radius 3 is 2.47 bits per heavy atom. The number of nitriles is 1. The Morgan fingerprint density at radius 1 is 1.09 bits per heavy atom. The number of hydrogen-bond donors (Lipinski definition) is 2. The van der Waals surface area contributed by atoms with E-state index >= 15 is 0 Å². The van der Waals surface area contributed by atoms with Crippen molar-refractivity contribution >= 4 is 11.9 Å². The van der Waals surface area contributed by atoms with E-state index in [2.05, 4.69) is 6.07 Å². The van der Waals surface area contributed by atoms with Gasteiger partial charge in [-0.25, -0.2) is 0 Å². The average molecular weight is 463 g/mol. The molecule has 180 valence electrons. The molecule has 7 heteroatoms. The van der Waals surface area contributed by atoms with Crippen LogP contribution in [-0.2, 0) is 20.7 Å². The van der Waals surface area contributed by atoms with Crippen molar-refractivity contribution in [2.45, 2.75) is 87.6 Å². The third-order valence-corrected chi connectivity index (χ3v) is 9.40. The van der Waals surface area contributed by atoms with Gasteiger partial charge in [-0.1, -0.05) is 30.3 Å². The Balaban J connectivity index is 1.20. The third-order valence-electron chi connectivity index (χ3n) is 9.40. The monoisotopic (exact) mass is 462 g/mol. The van der Waals surface area contributed by atoms with Gasteiger partial charge in [0.1, 0.15) is 17.7 Å². The Kier molecular flexibility index (Phi) is 5.06. The van der Waals surface area contributed by atoms with Crippen molar-refractivity contribution in [3.05, 3.63) is 35.9 Å². The van der Waals surface area contributed by atoms with Gasteiger partial charge in [0.15, 0.2) is 0 Å². The molecule has 4 N–H and O–H groups in total. The maximum atomic E-state index is 13.6. The molecule has 0 radical (unpaired) electrons. The average Bonchev–Trinajstić information content (AvgIpc) is 3.47. The van der Waals surface area contributed by atoms with Gasteiger partial charge in [-0.3, -0.25) is 9.59 Å². The predicted molar refractivity (Wildman–Crippen MR) is 125 cm³/mol. The number of carbonyl (C=O) groups is 2. The Bertz CT molecular complexity index is 1020. The summed E-state index contributed by atoms with van der Waals surface area (Å²) < 4.78 is 6.24. The second kappa shape index (κ2) is 7.79. The number of rotatable bonds is 6. The van der Waals surface area contributed by atoms with Crippen LogP contribution in [0.5, 0.6) is 0 Å². The summed E-state index contributed by atoms with van der Waals surface area (Å²) in [5.41, 5.74) is 13.1. The minimum Gasteiger partial charge on any atom is -0.458 e. The first-order valence-corrected chi connectivity index (χ1v) is 12.8. The van der Waals surface area contributed by atoms with Crippen LogP contribution in [-0.4, -0.2) is 46.5 Å². The standard InChI is InChI=1S/C27H34N4O3/c28-14-20-8-19-9-22(19)31(20)24(32)23(30)26-10-17-6-18(11-26)13-27(12-17,15-26)34-25(33)21(29)7-16-4-2-1-3-5-16/h1-5,17-23H,6-13,15,29-30H2. The number of hydrogen-bond acceptors (Lipinski definition) is 6. The molecule has 6 aliphatic rings. The number of likely N-dealkylation sites (tertiary alicyclic amines) is 1. The highest BCUT2D eigenvalue weighted by molar-refractivity contribution is 5.84. The van der Waals surface area contributed by atoms with Crippen molar-refractivity contribution in [1.29, 1.82) is 5.26 Å². The first kappa shape index (κ1) is 22.1. The lowest BCUT2D eigenvalue weighted by molar-refractivity contribution is -0.207. The molecule has 1 aromatic rings. The first-order chi connectivity index (χ1) is 16.3. The number of nitrogens with two attached hydrogens (primary N) is 2. The van der Waals surface area contributed by atoms with Crippen molar-refractivity contribution in [2.75, 3.05) is 0 Å². The maximum Gasteiger partial charge on any atom is 0.323 e. The van der Waals surface area contributed by atoms with Gasteiger partial charge < -0.3 is 21.1 Å². The van der Waals surface area contributed by atoms with Crippen molar-refractivity contribution in [3.63, 3.8) is 0 Å². The van der Waals surface area contributed by atoms with Crippen LogP contribution in [0.1, 0.15) is 56.9 Å². The number of amides is 1. The molecule has 0 aromatic heterocycles. The lowest BCUT2D eigenvalue weighted by atomic mass is 9.46. The zero-order valence-corrected chi connectivity index (χ0v) is 19.6. The Labute approximate surface area is 200 Å². The number of esters is 1. The topological polar surface area (TPSA) is 122 Å². The maximum absolute atomic E-state index is 13.6. The van der Waals surface area contributed by atoms with Crippen molar-refractivity contribution < 1.29 is 14.3 Å². The number of carbonyl (C=O) groups excluding carboxylic acids is 2.